The lowest BCUT2D eigenvalue weighted by molar-refractivity contribution is -0.148. The van der Waals surface area contributed by atoms with Crippen LogP contribution >= 0.6 is 0 Å². The molecule has 0 radical (unpaired) electrons. The fraction of sp³-hybridized carbons (Fsp3) is 0.867. The summed E-state index contributed by atoms with van der Waals surface area (Å²) in [5, 5.41) is 12.3. The maximum absolute atomic E-state index is 12.2. The number of nitrogens with one attached hydrogen (secondary N) is 1. The van der Waals surface area contributed by atoms with Gasteiger partial charge in [-0.05, 0) is 30.1 Å². The van der Waals surface area contributed by atoms with Crippen LogP contribution in [0.2, 0.25) is 0 Å². The van der Waals surface area contributed by atoms with Crippen LogP contribution in [0.5, 0.6) is 0 Å². The summed E-state index contributed by atoms with van der Waals surface area (Å²) in [5.74, 6) is -0.916. The Balaban J connectivity index is 2.67. The number of rotatable bonds is 3. The van der Waals surface area contributed by atoms with E-state index < -0.39 is 12.0 Å². The van der Waals surface area contributed by atoms with Crippen LogP contribution in [0.25, 0.3) is 0 Å². The van der Waals surface area contributed by atoms with Gasteiger partial charge in [0.15, 0.2) is 0 Å². The van der Waals surface area contributed by atoms with Crippen molar-refractivity contribution >= 4 is 12.0 Å². The van der Waals surface area contributed by atoms with Gasteiger partial charge in [0.2, 0.25) is 0 Å². The first-order chi connectivity index (χ1) is 9.04. The maximum Gasteiger partial charge on any atom is 0.327 e. The summed E-state index contributed by atoms with van der Waals surface area (Å²) in [7, 11) is 0. The van der Waals surface area contributed by atoms with E-state index >= 15 is 0 Å². The van der Waals surface area contributed by atoms with Crippen LogP contribution in [0.1, 0.15) is 53.9 Å². The first kappa shape index (κ1) is 16.8. The van der Waals surface area contributed by atoms with E-state index in [0.29, 0.717) is 13.1 Å². The monoisotopic (exact) mass is 284 g/mol. The number of nitrogens with zero attached hydrogens (tertiary/aromatic N) is 1. The van der Waals surface area contributed by atoms with E-state index in [1.54, 1.807) is 0 Å². The molecule has 0 bridgehead atoms. The number of carboxylic acid groups (broad SMARTS) is 1. The van der Waals surface area contributed by atoms with Crippen LogP contribution in [0.4, 0.5) is 4.79 Å². The predicted octanol–water partition coefficient (Wildman–Crippen LogP) is 2.71. The van der Waals surface area contributed by atoms with Crippen LogP contribution in [-0.4, -0.2) is 41.1 Å². The summed E-state index contributed by atoms with van der Waals surface area (Å²) in [5.41, 5.74) is -0.230. The summed E-state index contributed by atoms with van der Waals surface area (Å²) in [4.78, 5) is 25.2. The van der Waals surface area contributed by atoms with E-state index in [1.165, 1.54) is 4.90 Å². The highest BCUT2D eigenvalue weighted by molar-refractivity contribution is 5.83. The average Bonchev–Trinajstić information content (AvgIpc) is 2.24. The summed E-state index contributed by atoms with van der Waals surface area (Å²) >= 11 is 0. The first-order valence-corrected chi connectivity index (χ1v) is 7.32. The summed E-state index contributed by atoms with van der Waals surface area (Å²) in [6, 6.07) is -1.000. The molecule has 0 saturated carbocycles. The zero-order valence-corrected chi connectivity index (χ0v) is 13.3. The highest BCUT2D eigenvalue weighted by Gasteiger charge is 2.44. The number of carbonyl (C=O) groups excluding carboxylic acids is 1. The maximum atomic E-state index is 12.2. The van der Waals surface area contributed by atoms with Crippen LogP contribution < -0.4 is 5.32 Å². The minimum absolute atomic E-state index is 0.153. The number of hydrogen-bond donors (Lipinski definition) is 2. The van der Waals surface area contributed by atoms with Gasteiger partial charge in [-0.1, -0.05) is 34.6 Å². The molecule has 1 aliphatic rings. The molecule has 5 nitrogen and oxygen atoms in total. The molecule has 2 N–H and O–H groups in total. The Morgan fingerprint density at radius 2 is 1.95 bits per heavy atom. The molecule has 0 aromatic heterocycles. The Morgan fingerprint density at radius 1 is 1.35 bits per heavy atom. The van der Waals surface area contributed by atoms with Crippen molar-refractivity contribution in [2.24, 2.45) is 10.8 Å². The molecule has 20 heavy (non-hydrogen) atoms. The lowest BCUT2D eigenvalue weighted by Gasteiger charge is -2.43. The van der Waals surface area contributed by atoms with Crippen LogP contribution in [-0.2, 0) is 4.79 Å². The van der Waals surface area contributed by atoms with Crippen LogP contribution in [0.3, 0.4) is 0 Å². The minimum atomic E-state index is -0.916. The quantitative estimate of drug-likeness (QED) is 0.837. The SMILES string of the molecule is CC(C)(C)CCNC(=O)N1CCCC(C)(C)C1C(=O)O. The largest absolute Gasteiger partial charge is 0.480 e. The van der Waals surface area contributed by atoms with E-state index in [-0.39, 0.29) is 16.9 Å². The second-order valence-corrected chi connectivity index (χ2v) is 7.57. The summed E-state index contributed by atoms with van der Waals surface area (Å²) < 4.78 is 0. The van der Waals surface area contributed by atoms with Crippen molar-refractivity contribution in [2.45, 2.75) is 59.9 Å². The number of hydrogen-bond acceptors (Lipinski definition) is 2. The Morgan fingerprint density at radius 3 is 2.45 bits per heavy atom. The normalized spacial score (nSPS) is 22.4. The second kappa shape index (κ2) is 6.02. The zero-order valence-electron chi connectivity index (χ0n) is 13.3. The van der Waals surface area contributed by atoms with Gasteiger partial charge < -0.3 is 15.3 Å². The smallest absolute Gasteiger partial charge is 0.327 e. The molecule has 0 aromatic rings. The number of amides is 2. The topological polar surface area (TPSA) is 69.6 Å². The third-order valence-corrected chi connectivity index (χ3v) is 3.92. The Hall–Kier alpha value is -1.26. The average molecular weight is 284 g/mol. The molecule has 1 atom stereocenters. The van der Waals surface area contributed by atoms with Gasteiger partial charge in [0.1, 0.15) is 6.04 Å². The molecule has 1 saturated heterocycles. The van der Waals surface area contributed by atoms with Crippen molar-refractivity contribution in [1.82, 2.24) is 10.2 Å². The highest BCUT2D eigenvalue weighted by Crippen LogP contribution is 2.35. The molecule has 0 aromatic carbocycles. The van der Waals surface area contributed by atoms with Crippen molar-refractivity contribution in [1.29, 1.82) is 0 Å². The van der Waals surface area contributed by atoms with E-state index in [0.717, 1.165) is 19.3 Å². The molecule has 0 aliphatic carbocycles. The molecule has 1 aliphatic heterocycles. The van der Waals surface area contributed by atoms with Crippen molar-refractivity contribution in [2.75, 3.05) is 13.1 Å². The Labute approximate surface area is 121 Å². The van der Waals surface area contributed by atoms with E-state index in [4.69, 9.17) is 0 Å². The van der Waals surface area contributed by atoms with Gasteiger partial charge in [-0.3, -0.25) is 0 Å². The molecule has 0 spiro atoms. The van der Waals surface area contributed by atoms with E-state index in [9.17, 15) is 14.7 Å². The van der Waals surface area contributed by atoms with Crippen molar-refractivity contribution in [3.05, 3.63) is 0 Å². The predicted molar refractivity (Wildman–Crippen MR) is 78.6 cm³/mol. The fourth-order valence-corrected chi connectivity index (χ4v) is 2.73. The molecule has 1 heterocycles. The van der Waals surface area contributed by atoms with Gasteiger partial charge in [-0.15, -0.1) is 0 Å². The lowest BCUT2D eigenvalue weighted by atomic mass is 9.76. The molecular formula is C15H28N2O3. The number of urea groups is 1. The third kappa shape index (κ3) is 4.39. The molecule has 1 unspecified atom stereocenters. The number of aliphatic carboxylic acids is 1. The molecule has 1 fully saturated rings. The number of piperidine rings is 1. The third-order valence-electron chi connectivity index (χ3n) is 3.92. The molecule has 2 amide bonds. The minimum Gasteiger partial charge on any atom is -0.480 e. The van der Waals surface area contributed by atoms with Gasteiger partial charge in [0.05, 0.1) is 0 Å². The van der Waals surface area contributed by atoms with Crippen LogP contribution in [0.15, 0.2) is 0 Å². The standard InChI is InChI=1S/C15H28N2O3/c1-14(2,3)8-9-16-13(20)17-10-6-7-15(4,5)11(17)12(18)19/h11H,6-10H2,1-5H3,(H,16,20)(H,18,19). The van der Waals surface area contributed by atoms with Crippen LogP contribution in [0, 0.1) is 10.8 Å². The van der Waals surface area contributed by atoms with Crippen molar-refractivity contribution in [3.63, 3.8) is 0 Å². The molecule has 5 heteroatoms. The molecule has 1 rings (SSSR count). The van der Waals surface area contributed by atoms with Gasteiger partial charge in [-0.2, -0.15) is 0 Å². The Kier molecular flexibility index (Phi) is 5.05. The fourth-order valence-electron chi connectivity index (χ4n) is 2.73. The Bertz CT molecular complexity index is 372. The first-order valence-electron chi connectivity index (χ1n) is 7.32. The van der Waals surface area contributed by atoms with Gasteiger partial charge in [-0.25, -0.2) is 9.59 Å². The van der Waals surface area contributed by atoms with Gasteiger partial charge in [0.25, 0.3) is 0 Å². The van der Waals surface area contributed by atoms with Crippen molar-refractivity contribution < 1.29 is 14.7 Å². The summed E-state index contributed by atoms with van der Waals surface area (Å²) in [6.07, 6.45) is 2.55. The second-order valence-electron chi connectivity index (χ2n) is 7.57. The van der Waals surface area contributed by atoms with E-state index in [2.05, 4.69) is 26.1 Å². The molecule has 116 valence electrons. The van der Waals surface area contributed by atoms with E-state index in [1.807, 2.05) is 13.8 Å². The van der Waals surface area contributed by atoms with Gasteiger partial charge >= 0.3 is 12.0 Å². The zero-order chi connectivity index (χ0) is 15.6. The number of carbonyl (C=O) groups is 2. The molecular weight excluding hydrogens is 256 g/mol. The lowest BCUT2D eigenvalue weighted by Crippen LogP contribution is -2.58. The van der Waals surface area contributed by atoms with Crippen molar-refractivity contribution in [3.8, 4) is 0 Å². The number of carboxylic acids is 1. The number of likely N-dealkylation sites (tertiary alicyclic amines) is 1. The summed E-state index contributed by atoms with van der Waals surface area (Å²) in [6.45, 7) is 11.3. The van der Waals surface area contributed by atoms with Gasteiger partial charge in [0, 0.05) is 13.1 Å². The highest BCUT2D eigenvalue weighted by atomic mass is 16.4.